The van der Waals surface area contributed by atoms with Crippen LogP contribution in [0.1, 0.15) is 24.8 Å². The molecule has 4 nitrogen and oxygen atoms in total. The Balaban J connectivity index is 2.05. The summed E-state index contributed by atoms with van der Waals surface area (Å²) in [6, 6.07) is 3.61. The van der Waals surface area contributed by atoms with E-state index in [4.69, 9.17) is 19.3 Å². The number of hydrogen-bond donors (Lipinski definition) is 1. The van der Waals surface area contributed by atoms with Crippen molar-refractivity contribution in [2.24, 2.45) is 0 Å². The first kappa shape index (κ1) is 14.6. The molecular weight excluding hydrogens is 312 g/mol. The molecule has 0 spiro atoms. The Hall–Kier alpha value is -0.780. The number of aliphatic hydroxyl groups excluding tert-OH is 1. The van der Waals surface area contributed by atoms with Crippen LogP contribution in [-0.2, 0) is 11.3 Å². The van der Waals surface area contributed by atoms with E-state index >= 15 is 0 Å². The summed E-state index contributed by atoms with van der Waals surface area (Å²) in [7, 11) is 1.59. The summed E-state index contributed by atoms with van der Waals surface area (Å²) in [4.78, 5) is 0. The van der Waals surface area contributed by atoms with Gasteiger partial charge in [-0.2, -0.15) is 0 Å². The lowest BCUT2D eigenvalue weighted by Crippen LogP contribution is -2.26. The highest BCUT2D eigenvalue weighted by molar-refractivity contribution is 9.10. The molecule has 1 atom stereocenters. The van der Waals surface area contributed by atoms with Crippen molar-refractivity contribution in [3.8, 4) is 11.5 Å². The molecule has 106 valence electrons. The van der Waals surface area contributed by atoms with Crippen LogP contribution in [0.15, 0.2) is 16.6 Å². The molecule has 1 N–H and O–H groups in total. The third kappa shape index (κ3) is 3.84. The predicted octanol–water partition coefficient (Wildman–Crippen LogP) is 2.90. The van der Waals surface area contributed by atoms with Crippen molar-refractivity contribution >= 4 is 15.9 Å². The van der Waals surface area contributed by atoms with Gasteiger partial charge in [-0.05, 0) is 52.9 Å². The third-order valence-corrected chi connectivity index (χ3v) is 3.75. The van der Waals surface area contributed by atoms with E-state index in [2.05, 4.69) is 15.9 Å². The Morgan fingerprint density at radius 1 is 1.42 bits per heavy atom. The van der Waals surface area contributed by atoms with E-state index in [-0.39, 0.29) is 12.7 Å². The fourth-order valence-electron chi connectivity index (χ4n) is 2.12. The van der Waals surface area contributed by atoms with Gasteiger partial charge >= 0.3 is 0 Å². The van der Waals surface area contributed by atoms with Gasteiger partial charge in [-0.3, -0.25) is 0 Å². The van der Waals surface area contributed by atoms with Crippen molar-refractivity contribution in [2.75, 3.05) is 20.3 Å². The maximum Gasteiger partial charge on any atom is 0.175 e. The number of ether oxygens (including phenoxy) is 3. The minimum atomic E-state index is -0.0268. The van der Waals surface area contributed by atoms with Crippen LogP contribution in [0.2, 0.25) is 0 Å². The van der Waals surface area contributed by atoms with Crippen molar-refractivity contribution in [1.82, 2.24) is 0 Å². The molecule has 0 amide bonds. The van der Waals surface area contributed by atoms with Gasteiger partial charge in [-0.25, -0.2) is 0 Å². The first-order chi connectivity index (χ1) is 9.24. The summed E-state index contributed by atoms with van der Waals surface area (Å²) in [5.41, 5.74) is 0.782. The molecule has 19 heavy (non-hydrogen) atoms. The summed E-state index contributed by atoms with van der Waals surface area (Å²) >= 11 is 3.45. The van der Waals surface area contributed by atoms with Gasteiger partial charge in [0.1, 0.15) is 6.61 Å². The molecule has 1 heterocycles. The zero-order chi connectivity index (χ0) is 13.7. The number of benzene rings is 1. The van der Waals surface area contributed by atoms with Gasteiger partial charge in [0.25, 0.3) is 0 Å². The first-order valence-electron chi connectivity index (χ1n) is 6.46. The Morgan fingerprint density at radius 2 is 2.26 bits per heavy atom. The maximum atomic E-state index is 9.17. The molecule has 1 aromatic carbocycles. The van der Waals surface area contributed by atoms with E-state index in [9.17, 15) is 0 Å². The summed E-state index contributed by atoms with van der Waals surface area (Å²) in [6.07, 6.45) is 3.52. The zero-order valence-corrected chi connectivity index (χ0v) is 12.6. The summed E-state index contributed by atoms with van der Waals surface area (Å²) in [6.45, 7) is 1.31. The summed E-state index contributed by atoms with van der Waals surface area (Å²) in [5.74, 6) is 1.28. The van der Waals surface area contributed by atoms with Crippen LogP contribution in [0.5, 0.6) is 11.5 Å². The second kappa shape index (κ2) is 7.12. The number of methoxy groups -OCH3 is 1. The van der Waals surface area contributed by atoms with Crippen LogP contribution in [0.3, 0.4) is 0 Å². The highest BCUT2D eigenvalue weighted by Gasteiger charge is 2.17. The SMILES string of the molecule is COc1cc(CO)cc(Br)c1OCC1CCCCO1. The average molecular weight is 331 g/mol. The van der Waals surface area contributed by atoms with Crippen LogP contribution in [-0.4, -0.2) is 31.5 Å². The molecule has 0 radical (unpaired) electrons. The second-order valence-corrected chi connectivity index (χ2v) is 5.42. The van der Waals surface area contributed by atoms with Gasteiger partial charge in [0.05, 0.1) is 24.3 Å². The van der Waals surface area contributed by atoms with Crippen LogP contribution >= 0.6 is 15.9 Å². The van der Waals surface area contributed by atoms with Crippen molar-refractivity contribution in [1.29, 1.82) is 0 Å². The molecule has 1 aromatic rings. The number of aliphatic hydroxyl groups is 1. The fourth-order valence-corrected chi connectivity index (χ4v) is 2.72. The topological polar surface area (TPSA) is 47.9 Å². The van der Waals surface area contributed by atoms with Gasteiger partial charge in [0, 0.05) is 6.61 Å². The van der Waals surface area contributed by atoms with Gasteiger partial charge in [0.2, 0.25) is 0 Å². The number of rotatable bonds is 5. The van der Waals surface area contributed by atoms with Crippen LogP contribution in [0.4, 0.5) is 0 Å². The fraction of sp³-hybridized carbons (Fsp3) is 0.571. The van der Waals surface area contributed by atoms with Crippen molar-refractivity contribution in [3.63, 3.8) is 0 Å². The monoisotopic (exact) mass is 330 g/mol. The largest absolute Gasteiger partial charge is 0.493 e. The van der Waals surface area contributed by atoms with Crippen LogP contribution in [0, 0.1) is 0 Å². The van der Waals surface area contributed by atoms with Crippen LogP contribution < -0.4 is 9.47 Å². The van der Waals surface area contributed by atoms with Crippen molar-refractivity contribution in [3.05, 3.63) is 22.2 Å². The van der Waals surface area contributed by atoms with Gasteiger partial charge in [-0.1, -0.05) is 0 Å². The van der Waals surface area contributed by atoms with Crippen LogP contribution in [0.25, 0.3) is 0 Å². The second-order valence-electron chi connectivity index (χ2n) is 4.57. The van der Waals surface area contributed by atoms with E-state index < -0.39 is 0 Å². The zero-order valence-electron chi connectivity index (χ0n) is 11.0. The lowest BCUT2D eigenvalue weighted by molar-refractivity contribution is -0.0116. The first-order valence-corrected chi connectivity index (χ1v) is 7.25. The van der Waals surface area contributed by atoms with Crippen molar-refractivity contribution < 1.29 is 19.3 Å². The third-order valence-electron chi connectivity index (χ3n) is 3.16. The van der Waals surface area contributed by atoms with E-state index in [1.165, 1.54) is 6.42 Å². The molecule has 1 fully saturated rings. The molecule has 1 aliphatic rings. The normalized spacial score (nSPS) is 19.2. The summed E-state index contributed by atoms with van der Waals surface area (Å²) < 4.78 is 17.5. The summed E-state index contributed by atoms with van der Waals surface area (Å²) in [5, 5.41) is 9.17. The Labute approximate surface area is 121 Å². The lowest BCUT2D eigenvalue weighted by Gasteiger charge is -2.23. The Morgan fingerprint density at radius 3 is 2.89 bits per heavy atom. The molecule has 0 aliphatic carbocycles. The molecule has 5 heteroatoms. The Kier molecular flexibility index (Phi) is 5.48. The maximum absolute atomic E-state index is 9.17. The predicted molar refractivity (Wildman–Crippen MR) is 75.7 cm³/mol. The van der Waals surface area contributed by atoms with E-state index in [0.29, 0.717) is 18.1 Å². The lowest BCUT2D eigenvalue weighted by atomic mass is 10.1. The molecule has 1 unspecified atom stereocenters. The van der Waals surface area contributed by atoms with E-state index in [0.717, 1.165) is 29.5 Å². The number of halogens is 1. The van der Waals surface area contributed by atoms with Crippen molar-refractivity contribution in [2.45, 2.75) is 32.0 Å². The van der Waals surface area contributed by atoms with E-state index in [1.807, 2.05) is 6.07 Å². The molecule has 1 saturated heterocycles. The molecule has 0 saturated carbocycles. The minimum absolute atomic E-state index is 0.0268. The van der Waals surface area contributed by atoms with Gasteiger partial charge in [0.15, 0.2) is 11.5 Å². The Bertz CT molecular complexity index is 416. The van der Waals surface area contributed by atoms with Gasteiger partial charge in [-0.15, -0.1) is 0 Å². The van der Waals surface area contributed by atoms with Gasteiger partial charge < -0.3 is 19.3 Å². The standard InChI is InChI=1S/C14H19BrO4/c1-17-13-7-10(8-16)6-12(15)14(13)19-9-11-4-2-3-5-18-11/h6-7,11,16H,2-5,8-9H2,1H3. The highest BCUT2D eigenvalue weighted by Crippen LogP contribution is 2.37. The quantitative estimate of drug-likeness (QED) is 0.901. The highest BCUT2D eigenvalue weighted by atomic mass is 79.9. The van der Waals surface area contributed by atoms with E-state index in [1.54, 1.807) is 13.2 Å². The molecule has 0 aromatic heterocycles. The smallest absolute Gasteiger partial charge is 0.175 e. The average Bonchev–Trinajstić information content (AvgIpc) is 2.46. The molecule has 2 rings (SSSR count). The molecule has 1 aliphatic heterocycles. The minimum Gasteiger partial charge on any atom is -0.493 e. The molecule has 0 bridgehead atoms. The number of hydrogen-bond acceptors (Lipinski definition) is 4. The molecular formula is C14H19BrO4.